The summed E-state index contributed by atoms with van der Waals surface area (Å²) >= 11 is 0. The van der Waals surface area contributed by atoms with Crippen molar-refractivity contribution in [2.45, 2.75) is 39.5 Å². The minimum atomic E-state index is -0.174. The van der Waals surface area contributed by atoms with Crippen LogP contribution in [0.1, 0.15) is 43.7 Å². The van der Waals surface area contributed by atoms with Crippen LogP contribution < -0.4 is 5.32 Å². The van der Waals surface area contributed by atoms with E-state index in [0.717, 1.165) is 32.1 Å². The lowest BCUT2D eigenvalue weighted by Gasteiger charge is -2.21. The first-order chi connectivity index (χ1) is 14.2. The van der Waals surface area contributed by atoms with Gasteiger partial charge in [-0.2, -0.15) is 4.98 Å². The van der Waals surface area contributed by atoms with E-state index in [0.29, 0.717) is 37.4 Å². The number of likely N-dealkylation sites (tertiary alicyclic amines) is 1. The van der Waals surface area contributed by atoms with Gasteiger partial charge < -0.3 is 24.2 Å². The van der Waals surface area contributed by atoms with Crippen molar-refractivity contribution in [3.63, 3.8) is 0 Å². The zero-order valence-electron chi connectivity index (χ0n) is 17.5. The molecule has 29 heavy (non-hydrogen) atoms. The van der Waals surface area contributed by atoms with Gasteiger partial charge in [0.1, 0.15) is 6.10 Å². The highest BCUT2D eigenvalue weighted by Gasteiger charge is 2.25. The number of hydrogen-bond acceptors (Lipinski definition) is 6. The zero-order valence-corrected chi connectivity index (χ0v) is 17.5. The minimum absolute atomic E-state index is 0.174. The summed E-state index contributed by atoms with van der Waals surface area (Å²) in [5, 5.41) is 7.30. The quantitative estimate of drug-likeness (QED) is 0.511. The third kappa shape index (κ3) is 6.27. The number of hydrogen-bond donors (Lipinski definition) is 1. The Morgan fingerprint density at radius 2 is 2.21 bits per heavy atom. The van der Waals surface area contributed by atoms with Crippen LogP contribution in [-0.2, 0) is 22.6 Å². The summed E-state index contributed by atoms with van der Waals surface area (Å²) in [5.41, 5.74) is 1.21. The molecule has 1 aliphatic heterocycles. The van der Waals surface area contributed by atoms with E-state index in [-0.39, 0.29) is 6.10 Å². The Labute approximate surface area is 172 Å². The van der Waals surface area contributed by atoms with E-state index in [2.05, 4.69) is 37.5 Å². The predicted molar refractivity (Wildman–Crippen MR) is 110 cm³/mol. The van der Waals surface area contributed by atoms with Crippen molar-refractivity contribution in [3.8, 4) is 0 Å². The fraction of sp³-hybridized carbons (Fsp3) is 0.571. The van der Waals surface area contributed by atoms with Crippen LogP contribution in [0.3, 0.4) is 0 Å². The fourth-order valence-electron chi connectivity index (χ4n) is 3.40. The molecule has 1 aliphatic rings. The Morgan fingerprint density at radius 1 is 1.38 bits per heavy atom. The molecule has 1 saturated heterocycles. The lowest BCUT2D eigenvalue weighted by molar-refractivity contribution is 0.0683. The van der Waals surface area contributed by atoms with E-state index in [9.17, 15) is 0 Å². The Kier molecular flexibility index (Phi) is 8.01. The maximum absolute atomic E-state index is 5.91. The molecule has 2 unspecified atom stereocenters. The van der Waals surface area contributed by atoms with Crippen molar-refractivity contribution in [2.24, 2.45) is 10.9 Å². The Balaban J connectivity index is 1.41. The molecule has 158 valence electrons. The van der Waals surface area contributed by atoms with Crippen molar-refractivity contribution in [1.29, 1.82) is 0 Å². The first-order valence-corrected chi connectivity index (χ1v) is 10.2. The molecular formula is C21H31N5O3. The fourth-order valence-corrected chi connectivity index (χ4v) is 3.40. The molecule has 0 bridgehead atoms. The highest BCUT2D eigenvalue weighted by molar-refractivity contribution is 5.80. The second kappa shape index (κ2) is 10.9. The molecular weight excluding hydrogens is 370 g/mol. The molecule has 0 aliphatic carbocycles. The van der Waals surface area contributed by atoms with Gasteiger partial charge in [-0.1, -0.05) is 35.5 Å². The molecule has 8 nitrogen and oxygen atoms in total. The number of nitrogens with one attached hydrogen (secondary N) is 1. The maximum Gasteiger partial charge on any atom is 0.246 e. The minimum Gasteiger partial charge on any atom is -0.376 e. The van der Waals surface area contributed by atoms with Gasteiger partial charge >= 0.3 is 0 Å². The Bertz CT molecular complexity index is 765. The summed E-state index contributed by atoms with van der Waals surface area (Å²) < 4.78 is 16.7. The van der Waals surface area contributed by atoms with E-state index < -0.39 is 0 Å². The number of guanidine groups is 1. The molecule has 1 fully saturated rings. The first-order valence-electron chi connectivity index (χ1n) is 10.2. The van der Waals surface area contributed by atoms with Gasteiger partial charge in [-0.05, 0) is 25.8 Å². The van der Waals surface area contributed by atoms with Gasteiger partial charge in [-0.25, -0.2) is 0 Å². The molecule has 1 N–H and O–H groups in total. The third-order valence-electron chi connectivity index (χ3n) is 4.92. The van der Waals surface area contributed by atoms with Gasteiger partial charge in [0, 0.05) is 32.7 Å². The van der Waals surface area contributed by atoms with Crippen molar-refractivity contribution in [2.75, 3.05) is 33.4 Å². The molecule has 8 heteroatoms. The summed E-state index contributed by atoms with van der Waals surface area (Å²) in [7, 11) is 1.79. The van der Waals surface area contributed by atoms with Crippen LogP contribution in [0.25, 0.3) is 0 Å². The van der Waals surface area contributed by atoms with Crippen molar-refractivity contribution >= 4 is 5.96 Å². The standard InChI is InChI=1S/C21H31N5O3/c1-4-28-16(2)20-24-19(29-25-20)12-23-21(22-3)26-11-10-18(13-26)15-27-14-17-8-6-5-7-9-17/h5-9,16,18H,4,10-15H2,1-3H3,(H,22,23). The second-order valence-electron chi connectivity index (χ2n) is 7.15. The first kappa shape index (κ1) is 21.3. The van der Waals surface area contributed by atoms with E-state index in [4.69, 9.17) is 14.0 Å². The van der Waals surface area contributed by atoms with E-state index in [1.54, 1.807) is 7.05 Å². The SMILES string of the molecule is CCOC(C)c1noc(CNC(=NC)N2CCC(COCc3ccccc3)C2)n1. The smallest absolute Gasteiger partial charge is 0.246 e. The van der Waals surface area contributed by atoms with Gasteiger partial charge in [-0.3, -0.25) is 4.99 Å². The number of nitrogens with zero attached hydrogens (tertiary/aromatic N) is 4. The van der Waals surface area contributed by atoms with Gasteiger partial charge in [0.25, 0.3) is 0 Å². The van der Waals surface area contributed by atoms with Crippen LogP contribution in [-0.4, -0.2) is 54.4 Å². The summed E-state index contributed by atoms with van der Waals surface area (Å²) in [6.07, 6.45) is 0.915. The number of aromatic nitrogens is 2. The number of ether oxygens (including phenoxy) is 2. The van der Waals surface area contributed by atoms with Crippen molar-refractivity contribution < 1.29 is 14.0 Å². The molecule has 0 amide bonds. The lowest BCUT2D eigenvalue weighted by Crippen LogP contribution is -2.39. The van der Waals surface area contributed by atoms with Crippen LogP contribution in [0.2, 0.25) is 0 Å². The predicted octanol–water partition coefficient (Wildman–Crippen LogP) is 2.78. The van der Waals surface area contributed by atoms with Crippen LogP contribution >= 0.6 is 0 Å². The second-order valence-corrected chi connectivity index (χ2v) is 7.15. The van der Waals surface area contributed by atoms with Gasteiger partial charge in [0.2, 0.25) is 5.89 Å². The molecule has 0 spiro atoms. The number of rotatable bonds is 9. The molecule has 2 atom stereocenters. The maximum atomic E-state index is 5.91. The van der Waals surface area contributed by atoms with Gasteiger partial charge in [0.05, 0.1) is 19.8 Å². The highest BCUT2D eigenvalue weighted by Crippen LogP contribution is 2.18. The summed E-state index contributed by atoms with van der Waals surface area (Å²) in [5.74, 6) is 2.43. The van der Waals surface area contributed by atoms with Crippen LogP contribution in [0.5, 0.6) is 0 Å². The summed E-state index contributed by atoms with van der Waals surface area (Å²) in [4.78, 5) is 11.0. The zero-order chi connectivity index (χ0) is 20.5. The highest BCUT2D eigenvalue weighted by atomic mass is 16.5. The monoisotopic (exact) mass is 401 g/mol. The normalized spacial score (nSPS) is 18.2. The molecule has 0 radical (unpaired) electrons. The molecule has 3 rings (SSSR count). The summed E-state index contributed by atoms with van der Waals surface area (Å²) in [6.45, 7) is 8.19. The molecule has 1 aromatic carbocycles. The number of aliphatic imine (C=N–C) groups is 1. The topological polar surface area (TPSA) is 85.0 Å². The van der Waals surface area contributed by atoms with Crippen molar-refractivity contribution in [1.82, 2.24) is 20.4 Å². The van der Waals surface area contributed by atoms with Crippen LogP contribution in [0, 0.1) is 5.92 Å². The van der Waals surface area contributed by atoms with Crippen LogP contribution in [0.4, 0.5) is 0 Å². The average Bonchev–Trinajstić information content (AvgIpc) is 3.40. The van der Waals surface area contributed by atoms with Crippen molar-refractivity contribution in [3.05, 3.63) is 47.6 Å². The van der Waals surface area contributed by atoms with Gasteiger partial charge in [0.15, 0.2) is 11.8 Å². The van der Waals surface area contributed by atoms with E-state index in [1.165, 1.54) is 5.56 Å². The molecule has 0 saturated carbocycles. The van der Waals surface area contributed by atoms with E-state index >= 15 is 0 Å². The average molecular weight is 402 g/mol. The summed E-state index contributed by atoms with van der Waals surface area (Å²) in [6, 6.07) is 10.3. The number of benzene rings is 1. The van der Waals surface area contributed by atoms with E-state index in [1.807, 2.05) is 32.0 Å². The largest absolute Gasteiger partial charge is 0.376 e. The van der Waals surface area contributed by atoms with Crippen LogP contribution in [0.15, 0.2) is 39.8 Å². The van der Waals surface area contributed by atoms with Gasteiger partial charge in [-0.15, -0.1) is 0 Å². The lowest BCUT2D eigenvalue weighted by atomic mass is 10.1. The molecule has 2 heterocycles. The Morgan fingerprint density at radius 3 is 2.97 bits per heavy atom. The molecule has 1 aromatic heterocycles. The Hall–Kier alpha value is -2.45. The molecule has 2 aromatic rings. The third-order valence-corrected chi connectivity index (χ3v) is 4.92.